The summed E-state index contributed by atoms with van der Waals surface area (Å²) in [7, 11) is 0. The molecule has 0 nitrogen and oxygen atoms in total. The van der Waals surface area contributed by atoms with E-state index < -0.39 is 0 Å². The summed E-state index contributed by atoms with van der Waals surface area (Å²) in [5.74, 6) is 0. The highest BCUT2D eigenvalue weighted by Gasteiger charge is 1.94. The molecule has 0 N–H and O–H groups in total. The SMILES string of the molecule is C=CCc1ccc(C=C)c(C)c1. The van der Waals surface area contributed by atoms with Crippen molar-refractivity contribution in [1.82, 2.24) is 0 Å². The van der Waals surface area contributed by atoms with E-state index in [1.165, 1.54) is 16.7 Å². The maximum absolute atomic E-state index is 3.75. The van der Waals surface area contributed by atoms with E-state index in [4.69, 9.17) is 0 Å². The standard InChI is InChI=1S/C12H14/c1-4-6-11-7-8-12(5-2)10(3)9-11/h4-5,7-9H,1-2,6H2,3H3. The van der Waals surface area contributed by atoms with Crippen molar-refractivity contribution in [3.05, 3.63) is 54.1 Å². The average Bonchev–Trinajstić information content (AvgIpc) is 2.05. The fourth-order valence-electron chi connectivity index (χ4n) is 1.26. The molecule has 0 amide bonds. The molecule has 62 valence electrons. The normalized spacial score (nSPS) is 9.42. The second kappa shape index (κ2) is 3.91. The van der Waals surface area contributed by atoms with E-state index in [1.807, 2.05) is 12.2 Å². The fraction of sp³-hybridized carbons (Fsp3) is 0.167. The monoisotopic (exact) mass is 158 g/mol. The lowest BCUT2D eigenvalue weighted by molar-refractivity contribution is 1.25. The highest BCUT2D eigenvalue weighted by molar-refractivity contribution is 5.52. The third kappa shape index (κ3) is 1.85. The van der Waals surface area contributed by atoms with Crippen LogP contribution in [0.5, 0.6) is 0 Å². The third-order valence-electron chi connectivity index (χ3n) is 1.93. The molecule has 0 unspecified atom stereocenters. The Kier molecular flexibility index (Phi) is 2.87. The lowest BCUT2D eigenvalue weighted by atomic mass is 10.0. The molecule has 0 aliphatic heterocycles. The minimum Gasteiger partial charge on any atom is -0.103 e. The van der Waals surface area contributed by atoms with Crippen molar-refractivity contribution >= 4 is 6.08 Å². The summed E-state index contributed by atoms with van der Waals surface area (Å²) >= 11 is 0. The molecule has 0 spiro atoms. The molecule has 1 aromatic carbocycles. The van der Waals surface area contributed by atoms with Gasteiger partial charge >= 0.3 is 0 Å². The molecule has 0 heterocycles. The van der Waals surface area contributed by atoms with E-state index in [9.17, 15) is 0 Å². The van der Waals surface area contributed by atoms with Crippen LogP contribution in [0, 0.1) is 6.92 Å². The van der Waals surface area contributed by atoms with Gasteiger partial charge in [-0.1, -0.05) is 36.9 Å². The van der Waals surface area contributed by atoms with Crippen LogP contribution in [0.25, 0.3) is 6.08 Å². The first-order chi connectivity index (χ1) is 5.77. The van der Waals surface area contributed by atoms with Gasteiger partial charge in [0.15, 0.2) is 0 Å². The number of aryl methyl sites for hydroxylation is 1. The minimum atomic E-state index is 0.943. The summed E-state index contributed by atoms with van der Waals surface area (Å²) in [4.78, 5) is 0. The highest BCUT2D eigenvalue weighted by Crippen LogP contribution is 2.12. The van der Waals surface area contributed by atoms with Gasteiger partial charge in [-0.25, -0.2) is 0 Å². The Morgan fingerprint density at radius 2 is 2.08 bits per heavy atom. The van der Waals surface area contributed by atoms with Crippen LogP contribution in [0.15, 0.2) is 37.4 Å². The summed E-state index contributed by atoms with van der Waals surface area (Å²) in [5, 5.41) is 0. The van der Waals surface area contributed by atoms with Crippen molar-refractivity contribution in [2.24, 2.45) is 0 Å². The third-order valence-corrected chi connectivity index (χ3v) is 1.93. The van der Waals surface area contributed by atoms with Crippen LogP contribution in [0.1, 0.15) is 16.7 Å². The van der Waals surface area contributed by atoms with Crippen molar-refractivity contribution in [3.63, 3.8) is 0 Å². The topological polar surface area (TPSA) is 0 Å². The summed E-state index contributed by atoms with van der Waals surface area (Å²) in [5.41, 5.74) is 3.81. The molecular weight excluding hydrogens is 144 g/mol. The van der Waals surface area contributed by atoms with Gasteiger partial charge in [0.1, 0.15) is 0 Å². The van der Waals surface area contributed by atoms with Crippen LogP contribution in [0.3, 0.4) is 0 Å². The molecule has 1 aromatic rings. The zero-order valence-corrected chi connectivity index (χ0v) is 7.51. The molecule has 0 heteroatoms. The van der Waals surface area contributed by atoms with Crippen molar-refractivity contribution in [1.29, 1.82) is 0 Å². The van der Waals surface area contributed by atoms with Gasteiger partial charge in [0.2, 0.25) is 0 Å². The van der Waals surface area contributed by atoms with Gasteiger partial charge in [0.05, 0.1) is 0 Å². The Morgan fingerprint density at radius 3 is 2.58 bits per heavy atom. The largest absolute Gasteiger partial charge is 0.103 e. The number of hydrogen-bond acceptors (Lipinski definition) is 0. The van der Waals surface area contributed by atoms with Crippen LogP contribution in [-0.4, -0.2) is 0 Å². The first kappa shape index (κ1) is 8.79. The van der Waals surface area contributed by atoms with E-state index in [-0.39, 0.29) is 0 Å². The summed E-state index contributed by atoms with van der Waals surface area (Å²) < 4.78 is 0. The van der Waals surface area contributed by atoms with E-state index in [0.717, 1.165) is 6.42 Å². The second-order valence-electron chi connectivity index (χ2n) is 2.89. The first-order valence-corrected chi connectivity index (χ1v) is 4.11. The van der Waals surface area contributed by atoms with Crippen molar-refractivity contribution in [2.45, 2.75) is 13.3 Å². The van der Waals surface area contributed by atoms with Crippen LogP contribution in [-0.2, 0) is 6.42 Å². The zero-order valence-electron chi connectivity index (χ0n) is 7.51. The maximum atomic E-state index is 3.75. The Hall–Kier alpha value is -1.30. The van der Waals surface area contributed by atoms with E-state index in [2.05, 4.69) is 38.3 Å². The van der Waals surface area contributed by atoms with Crippen LogP contribution < -0.4 is 0 Å². The molecule has 1 rings (SSSR count). The molecule has 0 radical (unpaired) electrons. The number of benzene rings is 1. The molecule has 0 atom stereocenters. The van der Waals surface area contributed by atoms with Gasteiger partial charge in [-0.3, -0.25) is 0 Å². The molecule has 0 aliphatic rings. The summed E-state index contributed by atoms with van der Waals surface area (Å²) in [6, 6.07) is 6.39. The van der Waals surface area contributed by atoms with E-state index in [1.54, 1.807) is 0 Å². The van der Waals surface area contributed by atoms with Crippen molar-refractivity contribution in [2.75, 3.05) is 0 Å². The lowest BCUT2D eigenvalue weighted by Crippen LogP contribution is -1.85. The predicted octanol–water partition coefficient (Wildman–Crippen LogP) is 3.37. The van der Waals surface area contributed by atoms with Crippen molar-refractivity contribution in [3.8, 4) is 0 Å². The second-order valence-corrected chi connectivity index (χ2v) is 2.89. The van der Waals surface area contributed by atoms with Crippen LogP contribution >= 0.6 is 0 Å². The molecule has 0 aliphatic carbocycles. The Labute approximate surface area is 74.2 Å². The quantitative estimate of drug-likeness (QED) is 0.592. The first-order valence-electron chi connectivity index (χ1n) is 4.11. The maximum Gasteiger partial charge on any atom is -0.0100 e. The van der Waals surface area contributed by atoms with Gasteiger partial charge in [-0.15, -0.1) is 6.58 Å². The molecule has 0 saturated heterocycles. The van der Waals surface area contributed by atoms with Crippen LogP contribution in [0.2, 0.25) is 0 Å². The van der Waals surface area contributed by atoms with Gasteiger partial charge in [-0.2, -0.15) is 0 Å². The Bertz CT molecular complexity index is 295. The van der Waals surface area contributed by atoms with E-state index >= 15 is 0 Å². The molecule has 0 bridgehead atoms. The number of rotatable bonds is 3. The Balaban J connectivity index is 3.00. The summed E-state index contributed by atoms with van der Waals surface area (Å²) in [6.07, 6.45) is 4.74. The number of allylic oxidation sites excluding steroid dienone is 1. The lowest BCUT2D eigenvalue weighted by Gasteiger charge is -2.02. The smallest absolute Gasteiger partial charge is 0.0100 e. The van der Waals surface area contributed by atoms with Gasteiger partial charge in [0.25, 0.3) is 0 Å². The van der Waals surface area contributed by atoms with Crippen molar-refractivity contribution < 1.29 is 0 Å². The highest BCUT2D eigenvalue weighted by atomic mass is 14.0. The average molecular weight is 158 g/mol. The number of hydrogen-bond donors (Lipinski definition) is 0. The van der Waals surface area contributed by atoms with Gasteiger partial charge < -0.3 is 0 Å². The van der Waals surface area contributed by atoms with E-state index in [0.29, 0.717) is 0 Å². The molecule has 12 heavy (non-hydrogen) atoms. The molecule has 0 aromatic heterocycles. The molecule has 0 fully saturated rings. The van der Waals surface area contributed by atoms with Crippen LogP contribution in [0.4, 0.5) is 0 Å². The summed E-state index contributed by atoms with van der Waals surface area (Å²) in [6.45, 7) is 9.56. The molecular formula is C12H14. The molecule has 0 saturated carbocycles. The van der Waals surface area contributed by atoms with Gasteiger partial charge in [-0.05, 0) is 30.0 Å². The zero-order chi connectivity index (χ0) is 8.97. The Morgan fingerprint density at radius 1 is 1.33 bits per heavy atom. The van der Waals surface area contributed by atoms with Gasteiger partial charge in [0, 0.05) is 0 Å². The predicted molar refractivity (Wildman–Crippen MR) is 55.2 cm³/mol. The minimum absolute atomic E-state index is 0.943. The fourth-order valence-corrected chi connectivity index (χ4v) is 1.26.